The molecule has 23 heavy (non-hydrogen) atoms. The molecule has 1 amide bonds. The van der Waals surface area contributed by atoms with Gasteiger partial charge in [-0.05, 0) is 30.3 Å². The first-order chi connectivity index (χ1) is 11.0. The van der Waals surface area contributed by atoms with Gasteiger partial charge >= 0.3 is 0 Å². The molecule has 0 unspecified atom stereocenters. The number of aromatic hydroxyl groups is 1. The maximum atomic E-state index is 12.1. The zero-order valence-electron chi connectivity index (χ0n) is 12.5. The van der Waals surface area contributed by atoms with Crippen molar-refractivity contribution in [3.8, 4) is 17.2 Å². The van der Waals surface area contributed by atoms with Gasteiger partial charge in [-0.1, -0.05) is 15.9 Å². The highest BCUT2D eigenvalue weighted by atomic mass is 79.9. The monoisotopic (exact) mass is 378 g/mol. The van der Waals surface area contributed by atoms with E-state index in [9.17, 15) is 9.90 Å². The van der Waals surface area contributed by atoms with Crippen molar-refractivity contribution < 1.29 is 19.4 Å². The number of halogens is 1. The number of nitrogens with zero attached hydrogens (tertiary/aromatic N) is 1. The van der Waals surface area contributed by atoms with Crippen LogP contribution in [0, 0.1) is 0 Å². The lowest BCUT2D eigenvalue weighted by Gasteiger charge is -2.07. The Morgan fingerprint density at radius 3 is 2.43 bits per heavy atom. The molecular weight excluding hydrogens is 364 g/mol. The third kappa shape index (κ3) is 4.46. The van der Waals surface area contributed by atoms with Crippen molar-refractivity contribution in [2.45, 2.75) is 0 Å². The van der Waals surface area contributed by atoms with Gasteiger partial charge in [-0.15, -0.1) is 0 Å². The Bertz CT molecular complexity index is 725. The van der Waals surface area contributed by atoms with Crippen molar-refractivity contribution in [1.29, 1.82) is 0 Å². The van der Waals surface area contributed by atoms with Gasteiger partial charge in [-0.2, -0.15) is 5.10 Å². The first kappa shape index (κ1) is 16.8. The molecular formula is C16H15BrN2O4. The lowest BCUT2D eigenvalue weighted by Crippen LogP contribution is -2.17. The molecule has 2 rings (SSSR count). The zero-order chi connectivity index (χ0) is 16.8. The van der Waals surface area contributed by atoms with Crippen molar-refractivity contribution in [3.63, 3.8) is 0 Å². The Morgan fingerprint density at radius 1 is 1.17 bits per heavy atom. The predicted octanol–water partition coefficient (Wildman–Crippen LogP) is 2.94. The third-order valence-electron chi connectivity index (χ3n) is 2.97. The van der Waals surface area contributed by atoms with Gasteiger partial charge in [-0.25, -0.2) is 5.43 Å². The van der Waals surface area contributed by atoms with E-state index in [0.717, 1.165) is 4.47 Å². The van der Waals surface area contributed by atoms with Crippen molar-refractivity contribution in [3.05, 3.63) is 52.0 Å². The highest BCUT2D eigenvalue weighted by Crippen LogP contribution is 2.22. The number of carbonyl (C=O) groups excluding carboxylic acids is 1. The number of amides is 1. The van der Waals surface area contributed by atoms with E-state index in [1.807, 2.05) is 0 Å². The van der Waals surface area contributed by atoms with Gasteiger partial charge < -0.3 is 14.6 Å². The molecule has 120 valence electrons. The van der Waals surface area contributed by atoms with Crippen molar-refractivity contribution in [1.82, 2.24) is 5.43 Å². The number of phenolic OH excluding ortho intramolecular Hbond substituents is 1. The van der Waals surface area contributed by atoms with Crippen LogP contribution in [0.5, 0.6) is 17.2 Å². The molecule has 2 aromatic rings. The summed E-state index contributed by atoms with van der Waals surface area (Å²) in [5, 5.41) is 13.5. The molecule has 7 heteroatoms. The molecule has 0 radical (unpaired) electrons. The smallest absolute Gasteiger partial charge is 0.271 e. The molecule has 0 aliphatic heterocycles. The summed E-state index contributed by atoms with van der Waals surface area (Å²) in [5.41, 5.74) is 3.21. The Hall–Kier alpha value is -2.54. The van der Waals surface area contributed by atoms with Crippen LogP contribution in [0.1, 0.15) is 15.9 Å². The summed E-state index contributed by atoms with van der Waals surface area (Å²) < 4.78 is 11.0. The maximum absolute atomic E-state index is 12.1. The fourth-order valence-electron chi connectivity index (χ4n) is 1.79. The van der Waals surface area contributed by atoms with E-state index in [1.54, 1.807) is 30.3 Å². The summed E-state index contributed by atoms with van der Waals surface area (Å²) in [6.07, 6.45) is 1.36. The van der Waals surface area contributed by atoms with Crippen LogP contribution in [0.2, 0.25) is 0 Å². The fraction of sp³-hybridized carbons (Fsp3) is 0.125. The maximum Gasteiger partial charge on any atom is 0.271 e. The number of carbonyl (C=O) groups is 1. The van der Waals surface area contributed by atoms with E-state index in [2.05, 4.69) is 26.5 Å². The number of hydrogen-bond acceptors (Lipinski definition) is 5. The number of hydrogen-bond donors (Lipinski definition) is 2. The summed E-state index contributed by atoms with van der Waals surface area (Å²) in [6, 6.07) is 9.72. The number of nitrogens with one attached hydrogen (secondary N) is 1. The molecule has 6 nitrogen and oxygen atoms in total. The third-order valence-corrected chi connectivity index (χ3v) is 3.47. The minimum absolute atomic E-state index is 0.0641. The van der Waals surface area contributed by atoms with E-state index in [-0.39, 0.29) is 5.75 Å². The number of benzene rings is 2. The van der Waals surface area contributed by atoms with Crippen LogP contribution in [0.25, 0.3) is 0 Å². The molecule has 0 fully saturated rings. The Kier molecular flexibility index (Phi) is 5.59. The first-order valence-corrected chi connectivity index (χ1v) is 7.38. The quantitative estimate of drug-likeness (QED) is 0.619. The number of hydrazone groups is 1. The number of phenols is 1. The van der Waals surface area contributed by atoms with Gasteiger partial charge in [0.15, 0.2) is 0 Å². The van der Waals surface area contributed by atoms with Crippen LogP contribution in [0.15, 0.2) is 46.0 Å². The van der Waals surface area contributed by atoms with Crippen LogP contribution in [-0.4, -0.2) is 31.4 Å². The van der Waals surface area contributed by atoms with E-state index >= 15 is 0 Å². The lowest BCUT2D eigenvalue weighted by molar-refractivity contribution is 0.0954. The largest absolute Gasteiger partial charge is 0.507 e. The minimum atomic E-state index is -0.423. The van der Waals surface area contributed by atoms with Crippen molar-refractivity contribution >= 4 is 28.1 Å². The normalized spacial score (nSPS) is 10.6. The SMILES string of the molecule is COc1cc(OC)cc(C(=O)N/N=C/c2cc(Br)ccc2O)c1. The average Bonchev–Trinajstić information content (AvgIpc) is 2.57. The fourth-order valence-corrected chi connectivity index (χ4v) is 2.17. The Morgan fingerprint density at radius 2 is 1.83 bits per heavy atom. The highest BCUT2D eigenvalue weighted by molar-refractivity contribution is 9.10. The summed E-state index contributed by atoms with van der Waals surface area (Å²) >= 11 is 3.30. The molecule has 2 N–H and O–H groups in total. The van der Waals surface area contributed by atoms with E-state index in [1.165, 1.54) is 26.5 Å². The van der Waals surface area contributed by atoms with Crippen LogP contribution >= 0.6 is 15.9 Å². The van der Waals surface area contributed by atoms with Gasteiger partial charge in [0.1, 0.15) is 17.2 Å². The molecule has 0 saturated carbocycles. The summed E-state index contributed by atoms with van der Waals surface area (Å²) in [7, 11) is 3.01. The molecule has 0 aliphatic rings. The second kappa shape index (κ2) is 7.64. The van der Waals surface area contributed by atoms with E-state index in [0.29, 0.717) is 22.6 Å². The Balaban J connectivity index is 2.13. The van der Waals surface area contributed by atoms with Gasteiger partial charge in [0, 0.05) is 21.7 Å². The van der Waals surface area contributed by atoms with E-state index < -0.39 is 5.91 Å². The van der Waals surface area contributed by atoms with Crippen LogP contribution < -0.4 is 14.9 Å². The second-order valence-electron chi connectivity index (χ2n) is 4.50. The predicted molar refractivity (Wildman–Crippen MR) is 90.4 cm³/mol. The van der Waals surface area contributed by atoms with Crippen LogP contribution in [-0.2, 0) is 0 Å². The summed E-state index contributed by atoms with van der Waals surface area (Å²) in [5.74, 6) is 0.647. The molecule has 0 bridgehead atoms. The second-order valence-corrected chi connectivity index (χ2v) is 5.42. The Labute approximate surface area is 141 Å². The van der Waals surface area contributed by atoms with Crippen molar-refractivity contribution in [2.75, 3.05) is 14.2 Å². The van der Waals surface area contributed by atoms with E-state index in [4.69, 9.17) is 9.47 Å². The minimum Gasteiger partial charge on any atom is -0.507 e. The zero-order valence-corrected chi connectivity index (χ0v) is 14.1. The average molecular weight is 379 g/mol. The summed E-state index contributed by atoms with van der Waals surface area (Å²) in [4.78, 5) is 12.1. The topological polar surface area (TPSA) is 80.2 Å². The summed E-state index contributed by atoms with van der Waals surface area (Å²) in [6.45, 7) is 0. The van der Waals surface area contributed by atoms with Crippen LogP contribution in [0.4, 0.5) is 0 Å². The molecule has 0 saturated heterocycles. The number of ether oxygens (including phenoxy) is 2. The van der Waals surface area contributed by atoms with Gasteiger partial charge in [0.25, 0.3) is 5.91 Å². The number of rotatable bonds is 5. The van der Waals surface area contributed by atoms with Crippen molar-refractivity contribution in [2.24, 2.45) is 5.10 Å². The standard InChI is InChI=1S/C16H15BrN2O4/c1-22-13-6-10(7-14(8-13)23-2)16(21)19-18-9-11-5-12(17)3-4-15(11)20/h3-9,20H,1-2H3,(H,19,21)/b18-9+. The molecule has 0 spiro atoms. The molecule has 0 atom stereocenters. The van der Waals surface area contributed by atoms with Gasteiger partial charge in [-0.3, -0.25) is 4.79 Å². The first-order valence-electron chi connectivity index (χ1n) is 6.58. The lowest BCUT2D eigenvalue weighted by atomic mass is 10.2. The highest BCUT2D eigenvalue weighted by Gasteiger charge is 2.09. The van der Waals surface area contributed by atoms with Gasteiger partial charge in [0.2, 0.25) is 0 Å². The molecule has 2 aromatic carbocycles. The molecule has 0 aliphatic carbocycles. The van der Waals surface area contributed by atoms with Gasteiger partial charge in [0.05, 0.1) is 20.4 Å². The number of methoxy groups -OCH3 is 2. The molecule has 0 aromatic heterocycles. The molecule has 0 heterocycles. The van der Waals surface area contributed by atoms with Crippen LogP contribution in [0.3, 0.4) is 0 Å².